The number of hydrogen-bond acceptors (Lipinski definition) is 5. The van der Waals surface area contributed by atoms with Crippen molar-refractivity contribution >= 4 is 17.5 Å². The molecule has 100 valence electrons. The number of rotatable bonds is 4. The highest BCUT2D eigenvalue weighted by Gasteiger charge is 2.34. The van der Waals surface area contributed by atoms with E-state index in [1.807, 2.05) is 6.92 Å². The van der Waals surface area contributed by atoms with Gasteiger partial charge in [-0.05, 0) is 6.92 Å². The molecule has 0 aromatic carbocycles. The molecule has 0 N–H and O–H groups in total. The fraction of sp³-hybridized carbons (Fsp3) is 0.667. The third-order valence-electron chi connectivity index (χ3n) is 3.32. The summed E-state index contributed by atoms with van der Waals surface area (Å²) in [5.41, 5.74) is 1.89. The molecule has 0 amide bonds. The Morgan fingerprint density at radius 1 is 1.33 bits per heavy atom. The molecule has 1 fully saturated rings. The highest BCUT2D eigenvalue weighted by molar-refractivity contribution is 6.17. The lowest BCUT2D eigenvalue weighted by Crippen LogP contribution is -2.27. The first-order valence-electron chi connectivity index (χ1n) is 5.88. The molecular weight excluding hydrogens is 254 g/mol. The number of aromatic nitrogens is 2. The van der Waals surface area contributed by atoms with Crippen molar-refractivity contribution in [3.63, 3.8) is 0 Å². The average Bonchev–Trinajstić information content (AvgIpc) is 2.81. The zero-order chi connectivity index (χ0) is 13.1. The minimum atomic E-state index is 0.0617. The van der Waals surface area contributed by atoms with Gasteiger partial charge in [0, 0.05) is 44.8 Å². The van der Waals surface area contributed by atoms with Crippen molar-refractivity contribution in [2.75, 3.05) is 32.2 Å². The number of methoxy groups -OCH3 is 2. The predicted molar refractivity (Wildman–Crippen MR) is 70.1 cm³/mol. The molecule has 1 saturated heterocycles. The van der Waals surface area contributed by atoms with Crippen molar-refractivity contribution in [1.29, 1.82) is 0 Å². The topological polar surface area (TPSA) is 47.5 Å². The number of hydrogen-bond donors (Lipinski definition) is 0. The van der Waals surface area contributed by atoms with E-state index in [0.717, 1.165) is 24.3 Å². The average molecular weight is 272 g/mol. The Kier molecular flexibility index (Phi) is 4.37. The molecule has 18 heavy (non-hydrogen) atoms. The monoisotopic (exact) mass is 271 g/mol. The van der Waals surface area contributed by atoms with Crippen molar-refractivity contribution in [2.24, 2.45) is 0 Å². The number of alkyl halides is 1. The van der Waals surface area contributed by atoms with Crippen molar-refractivity contribution in [3.05, 3.63) is 17.5 Å². The third kappa shape index (κ3) is 2.58. The molecule has 5 nitrogen and oxygen atoms in total. The van der Waals surface area contributed by atoms with Gasteiger partial charge in [0.15, 0.2) is 0 Å². The summed E-state index contributed by atoms with van der Waals surface area (Å²) in [6.07, 6.45) is 1.91. The smallest absolute Gasteiger partial charge is 0.225 e. The summed E-state index contributed by atoms with van der Waals surface area (Å²) in [6, 6.07) is 0. The molecule has 0 bridgehead atoms. The fourth-order valence-electron chi connectivity index (χ4n) is 2.12. The molecule has 1 aromatic rings. The summed E-state index contributed by atoms with van der Waals surface area (Å²) < 4.78 is 10.8. The second-order valence-corrected chi connectivity index (χ2v) is 4.63. The van der Waals surface area contributed by atoms with Crippen molar-refractivity contribution in [1.82, 2.24) is 9.97 Å². The highest BCUT2D eigenvalue weighted by Crippen LogP contribution is 2.21. The van der Waals surface area contributed by atoms with Gasteiger partial charge in [-0.1, -0.05) is 0 Å². The van der Waals surface area contributed by atoms with Crippen LogP contribution in [0.2, 0.25) is 0 Å². The SMILES string of the molecule is COC1CN(c2ncc(CCl)c(C)n2)CC1OC. The Morgan fingerprint density at radius 3 is 2.39 bits per heavy atom. The van der Waals surface area contributed by atoms with Crippen molar-refractivity contribution in [3.8, 4) is 0 Å². The number of anilines is 1. The van der Waals surface area contributed by atoms with Crippen LogP contribution in [-0.4, -0.2) is 49.5 Å². The zero-order valence-electron chi connectivity index (χ0n) is 10.9. The van der Waals surface area contributed by atoms with Crippen LogP contribution in [0.4, 0.5) is 5.95 Å². The largest absolute Gasteiger partial charge is 0.377 e. The lowest BCUT2D eigenvalue weighted by atomic mass is 10.3. The maximum Gasteiger partial charge on any atom is 0.225 e. The maximum absolute atomic E-state index is 5.80. The van der Waals surface area contributed by atoms with E-state index < -0.39 is 0 Å². The summed E-state index contributed by atoms with van der Waals surface area (Å²) in [6.45, 7) is 3.43. The van der Waals surface area contributed by atoms with Crippen LogP contribution in [0.25, 0.3) is 0 Å². The minimum Gasteiger partial charge on any atom is -0.377 e. The Bertz CT molecular complexity index is 404. The Hall–Kier alpha value is -0.910. The van der Waals surface area contributed by atoms with E-state index in [1.165, 1.54) is 0 Å². The van der Waals surface area contributed by atoms with E-state index in [9.17, 15) is 0 Å². The highest BCUT2D eigenvalue weighted by atomic mass is 35.5. The van der Waals surface area contributed by atoms with Gasteiger partial charge in [-0.15, -0.1) is 11.6 Å². The number of halogens is 1. The Labute approximate surface area is 112 Å². The van der Waals surface area contributed by atoms with Gasteiger partial charge in [-0.25, -0.2) is 9.97 Å². The van der Waals surface area contributed by atoms with Crippen LogP contribution in [0.15, 0.2) is 6.20 Å². The molecule has 1 aliphatic heterocycles. The van der Waals surface area contributed by atoms with Gasteiger partial charge in [-0.3, -0.25) is 0 Å². The molecular formula is C12H18ClN3O2. The molecule has 0 aliphatic carbocycles. The van der Waals surface area contributed by atoms with E-state index in [2.05, 4.69) is 14.9 Å². The Morgan fingerprint density at radius 2 is 1.94 bits per heavy atom. The Balaban J connectivity index is 2.15. The molecule has 2 heterocycles. The lowest BCUT2D eigenvalue weighted by Gasteiger charge is -2.16. The molecule has 2 rings (SSSR count). The first kappa shape index (κ1) is 13.5. The molecule has 2 unspecified atom stereocenters. The summed E-state index contributed by atoms with van der Waals surface area (Å²) in [5.74, 6) is 1.15. The van der Waals surface area contributed by atoms with Crippen LogP contribution in [0.1, 0.15) is 11.3 Å². The minimum absolute atomic E-state index is 0.0617. The van der Waals surface area contributed by atoms with E-state index in [-0.39, 0.29) is 12.2 Å². The number of aryl methyl sites for hydroxylation is 1. The zero-order valence-corrected chi connectivity index (χ0v) is 11.6. The predicted octanol–water partition coefficient (Wildman–Crippen LogP) is 1.37. The molecule has 1 aromatic heterocycles. The quantitative estimate of drug-likeness (QED) is 0.774. The number of nitrogens with zero attached hydrogens (tertiary/aromatic N) is 3. The van der Waals surface area contributed by atoms with Crippen molar-refractivity contribution < 1.29 is 9.47 Å². The maximum atomic E-state index is 5.80. The number of ether oxygens (including phenoxy) is 2. The summed E-state index contributed by atoms with van der Waals surface area (Å²) >= 11 is 5.80. The summed E-state index contributed by atoms with van der Waals surface area (Å²) in [4.78, 5) is 10.9. The van der Waals surface area contributed by atoms with Gasteiger partial charge in [0.1, 0.15) is 12.2 Å². The molecule has 1 aliphatic rings. The lowest BCUT2D eigenvalue weighted by molar-refractivity contribution is -0.00461. The van der Waals surface area contributed by atoms with Crippen LogP contribution in [-0.2, 0) is 15.4 Å². The third-order valence-corrected chi connectivity index (χ3v) is 3.60. The van der Waals surface area contributed by atoms with Crippen LogP contribution in [0, 0.1) is 6.92 Å². The van der Waals surface area contributed by atoms with Gasteiger partial charge in [0.25, 0.3) is 0 Å². The van der Waals surface area contributed by atoms with E-state index in [4.69, 9.17) is 21.1 Å². The van der Waals surface area contributed by atoms with E-state index in [0.29, 0.717) is 11.8 Å². The van der Waals surface area contributed by atoms with Crippen molar-refractivity contribution in [2.45, 2.75) is 25.0 Å². The van der Waals surface area contributed by atoms with Gasteiger partial charge >= 0.3 is 0 Å². The summed E-state index contributed by atoms with van der Waals surface area (Å²) in [7, 11) is 3.39. The van der Waals surface area contributed by atoms with Crippen LogP contribution >= 0.6 is 11.6 Å². The first-order chi connectivity index (χ1) is 8.69. The molecule has 0 saturated carbocycles. The molecule has 0 radical (unpaired) electrons. The van der Waals surface area contributed by atoms with Gasteiger partial charge in [0.2, 0.25) is 5.95 Å². The van der Waals surface area contributed by atoms with E-state index >= 15 is 0 Å². The van der Waals surface area contributed by atoms with Gasteiger partial charge in [0.05, 0.1) is 5.88 Å². The first-order valence-corrected chi connectivity index (χ1v) is 6.42. The summed E-state index contributed by atoms with van der Waals surface area (Å²) in [5, 5.41) is 0. The molecule has 6 heteroatoms. The standard InChI is InChI=1S/C12H18ClN3O2/c1-8-9(4-13)5-14-12(15-8)16-6-10(17-2)11(7-16)18-3/h5,10-11H,4,6-7H2,1-3H3. The normalized spacial score (nSPS) is 23.7. The second-order valence-electron chi connectivity index (χ2n) is 4.37. The van der Waals surface area contributed by atoms with Crippen LogP contribution < -0.4 is 4.90 Å². The second kappa shape index (κ2) is 5.82. The van der Waals surface area contributed by atoms with Crippen LogP contribution in [0.3, 0.4) is 0 Å². The van der Waals surface area contributed by atoms with Gasteiger partial charge < -0.3 is 14.4 Å². The molecule has 0 spiro atoms. The fourth-order valence-corrected chi connectivity index (χ4v) is 2.39. The van der Waals surface area contributed by atoms with Gasteiger partial charge in [-0.2, -0.15) is 0 Å². The molecule has 2 atom stereocenters. The van der Waals surface area contributed by atoms with E-state index in [1.54, 1.807) is 20.4 Å². The van der Waals surface area contributed by atoms with Crippen LogP contribution in [0.5, 0.6) is 0 Å².